The molecule has 0 unspecified atom stereocenters. The topological polar surface area (TPSA) is 52.5 Å². The molecule has 134 valence electrons. The maximum atomic E-state index is 10.2. The summed E-state index contributed by atoms with van der Waals surface area (Å²) in [7, 11) is 2.13. The second-order valence-electron chi connectivity index (χ2n) is 6.80. The van der Waals surface area contributed by atoms with Gasteiger partial charge in [-0.25, -0.2) is 9.97 Å². The number of hydrogen-bond donors (Lipinski definition) is 1. The number of anilines is 1. The number of halogens is 1. The number of aromatic hydroxyl groups is 1. The third-order valence-corrected chi connectivity index (χ3v) is 5.31. The molecule has 2 aromatic carbocycles. The van der Waals surface area contributed by atoms with Gasteiger partial charge in [-0.05, 0) is 43.8 Å². The Balaban J connectivity index is 1.92. The molecule has 6 heteroatoms. The van der Waals surface area contributed by atoms with E-state index in [-0.39, 0.29) is 5.75 Å². The van der Waals surface area contributed by atoms with E-state index in [0.717, 1.165) is 48.5 Å². The molecule has 0 radical (unpaired) electrons. The Morgan fingerprint density at radius 1 is 1.04 bits per heavy atom. The molecule has 5 nitrogen and oxygen atoms in total. The molecule has 26 heavy (non-hydrogen) atoms. The van der Waals surface area contributed by atoms with Gasteiger partial charge in [0.15, 0.2) is 5.82 Å². The van der Waals surface area contributed by atoms with Gasteiger partial charge in [-0.1, -0.05) is 23.7 Å². The molecule has 0 spiro atoms. The van der Waals surface area contributed by atoms with Gasteiger partial charge in [0, 0.05) is 36.6 Å². The van der Waals surface area contributed by atoms with E-state index in [1.807, 2.05) is 31.2 Å². The van der Waals surface area contributed by atoms with E-state index in [1.165, 1.54) is 0 Å². The summed E-state index contributed by atoms with van der Waals surface area (Å²) in [6.45, 7) is 5.73. The van der Waals surface area contributed by atoms with Crippen molar-refractivity contribution in [1.82, 2.24) is 14.9 Å². The van der Waals surface area contributed by atoms with Crippen LogP contribution in [-0.4, -0.2) is 53.2 Å². The standard InChI is InChI=1S/C20H21ClN4O/c1-13-11-17-15(12-16(13)21)20(25-9-7-24(2)8-10-25)23-19(22-17)14-5-3-4-6-18(14)26/h3-6,11-12,26H,7-10H2,1-2H3. The second kappa shape index (κ2) is 6.74. The molecule has 2 heterocycles. The highest BCUT2D eigenvalue weighted by Crippen LogP contribution is 2.34. The molecule has 0 amide bonds. The number of phenolic OH excluding ortho intramolecular Hbond substituents is 1. The zero-order valence-electron chi connectivity index (χ0n) is 14.9. The highest BCUT2D eigenvalue weighted by molar-refractivity contribution is 6.32. The fourth-order valence-corrected chi connectivity index (χ4v) is 3.44. The number of piperazine rings is 1. The summed E-state index contributed by atoms with van der Waals surface area (Å²) in [6, 6.07) is 11.1. The van der Waals surface area contributed by atoms with E-state index >= 15 is 0 Å². The predicted molar refractivity (Wildman–Crippen MR) is 106 cm³/mol. The van der Waals surface area contributed by atoms with Gasteiger partial charge in [-0.2, -0.15) is 0 Å². The largest absolute Gasteiger partial charge is 0.507 e. The van der Waals surface area contributed by atoms with E-state index in [2.05, 4.69) is 16.8 Å². The molecule has 1 saturated heterocycles. The fourth-order valence-electron chi connectivity index (χ4n) is 3.28. The Morgan fingerprint density at radius 2 is 1.77 bits per heavy atom. The van der Waals surface area contributed by atoms with Gasteiger partial charge in [-0.15, -0.1) is 0 Å². The second-order valence-corrected chi connectivity index (χ2v) is 7.20. The number of phenols is 1. The quantitative estimate of drug-likeness (QED) is 0.747. The van der Waals surface area contributed by atoms with Crippen molar-refractivity contribution < 1.29 is 5.11 Å². The SMILES string of the molecule is Cc1cc2nc(-c3ccccc3O)nc(N3CCN(C)CC3)c2cc1Cl. The molecule has 4 rings (SSSR count). The number of fused-ring (bicyclic) bond motifs is 1. The summed E-state index contributed by atoms with van der Waals surface area (Å²) in [5.74, 6) is 1.59. The van der Waals surface area contributed by atoms with Gasteiger partial charge in [0.25, 0.3) is 0 Å². The lowest BCUT2D eigenvalue weighted by molar-refractivity contribution is 0.312. The molecule has 3 aromatic rings. The number of likely N-dealkylation sites (N-methyl/N-ethyl adjacent to an activating group) is 1. The molecular formula is C20H21ClN4O. The summed E-state index contributed by atoms with van der Waals surface area (Å²) < 4.78 is 0. The van der Waals surface area contributed by atoms with Crippen molar-refractivity contribution in [2.24, 2.45) is 0 Å². The predicted octanol–water partition coefficient (Wildman–Crippen LogP) is 3.72. The number of hydrogen-bond acceptors (Lipinski definition) is 5. The van der Waals surface area contributed by atoms with Gasteiger partial charge in [-0.3, -0.25) is 0 Å². The van der Waals surface area contributed by atoms with Crippen LogP contribution in [-0.2, 0) is 0 Å². The van der Waals surface area contributed by atoms with Crippen molar-refractivity contribution >= 4 is 28.3 Å². The van der Waals surface area contributed by atoms with Crippen LogP contribution in [0.25, 0.3) is 22.3 Å². The Labute approximate surface area is 157 Å². The first kappa shape index (κ1) is 17.1. The first-order valence-corrected chi connectivity index (χ1v) is 9.10. The lowest BCUT2D eigenvalue weighted by atomic mass is 10.1. The number of benzene rings is 2. The van der Waals surface area contributed by atoms with E-state index in [1.54, 1.807) is 12.1 Å². The zero-order chi connectivity index (χ0) is 18.3. The molecule has 0 saturated carbocycles. The Hall–Kier alpha value is -2.37. The number of aromatic nitrogens is 2. The lowest BCUT2D eigenvalue weighted by Gasteiger charge is -2.34. The van der Waals surface area contributed by atoms with E-state index in [4.69, 9.17) is 21.6 Å². The monoisotopic (exact) mass is 368 g/mol. The maximum Gasteiger partial charge on any atom is 0.165 e. The van der Waals surface area contributed by atoms with Crippen molar-refractivity contribution in [3.05, 3.63) is 47.0 Å². The number of rotatable bonds is 2. The number of nitrogens with zero attached hydrogens (tertiary/aromatic N) is 4. The maximum absolute atomic E-state index is 10.2. The third kappa shape index (κ3) is 3.08. The lowest BCUT2D eigenvalue weighted by Crippen LogP contribution is -2.45. The third-order valence-electron chi connectivity index (χ3n) is 4.90. The van der Waals surface area contributed by atoms with Gasteiger partial charge in [0.1, 0.15) is 11.6 Å². The van der Waals surface area contributed by atoms with Crippen LogP contribution in [0.15, 0.2) is 36.4 Å². The van der Waals surface area contributed by atoms with Crippen molar-refractivity contribution in [3.63, 3.8) is 0 Å². The summed E-state index contributed by atoms with van der Waals surface area (Å²) in [5, 5.41) is 11.9. The van der Waals surface area contributed by atoms with E-state index < -0.39 is 0 Å². The summed E-state index contributed by atoms with van der Waals surface area (Å²) in [5.41, 5.74) is 2.46. The summed E-state index contributed by atoms with van der Waals surface area (Å²) in [6.07, 6.45) is 0. The Kier molecular flexibility index (Phi) is 4.42. The first-order chi connectivity index (χ1) is 12.5. The van der Waals surface area contributed by atoms with Crippen LogP contribution in [0.1, 0.15) is 5.56 Å². The number of para-hydroxylation sites is 1. The zero-order valence-corrected chi connectivity index (χ0v) is 15.7. The molecule has 0 aliphatic carbocycles. The van der Waals surface area contributed by atoms with Crippen LogP contribution < -0.4 is 4.90 Å². The van der Waals surface area contributed by atoms with Crippen LogP contribution >= 0.6 is 11.6 Å². The van der Waals surface area contributed by atoms with Crippen molar-refractivity contribution in [1.29, 1.82) is 0 Å². The molecule has 1 aromatic heterocycles. The van der Waals surface area contributed by atoms with Gasteiger partial charge >= 0.3 is 0 Å². The van der Waals surface area contributed by atoms with Crippen LogP contribution in [0.3, 0.4) is 0 Å². The Morgan fingerprint density at radius 3 is 2.50 bits per heavy atom. The molecular weight excluding hydrogens is 348 g/mol. The normalized spacial score (nSPS) is 15.6. The average Bonchev–Trinajstić information content (AvgIpc) is 2.63. The minimum Gasteiger partial charge on any atom is -0.507 e. The summed E-state index contributed by atoms with van der Waals surface area (Å²) in [4.78, 5) is 14.1. The Bertz CT molecular complexity index is 967. The highest BCUT2D eigenvalue weighted by Gasteiger charge is 2.21. The van der Waals surface area contributed by atoms with Crippen LogP contribution in [0.4, 0.5) is 5.82 Å². The number of aryl methyl sites for hydroxylation is 1. The average molecular weight is 369 g/mol. The molecule has 1 fully saturated rings. The highest BCUT2D eigenvalue weighted by atomic mass is 35.5. The minimum absolute atomic E-state index is 0.182. The van der Waals surface area contributed by atoms with Gasteiger partial charge < -0.3 is 14.9 Å². The fraction of sp³-hybridized carbons (Fsp3) is 0.300. The van der Waals surface area contributed by atoms with Crippen molar-refractivity contribution in [2.45, 2.75) is 6.92 Å². The van der Waals surface area contributed by atoms with Crippen LogP contribution in [0.5, 0.6) is 5.75 Å². The molecule has 0 bridgehead atoms. The molecule has 1 aliphatic heterocycles. The summed E-state index contributed by atoms with van der Waals surface area (Å²) >= 11 is 6.38. The van der Waals surface area contributed by atoms with Gasteiger partial charge in [0.05, 0.1) is 11.1 Å². The van der Waals surface area contributed by atoms with Crippen molar-refractivity contribution in [3.8, 4) is 17.1 Å². The van der Waals surface area contributed by atoms with Crippen molar-refractivity contribution in [2.75, 3.05) is 38.1 Å². The smallest absolute Gasteiger partial charge is 0.165 e. The minimum atomic E-state index is 0.182. The molecule has 1 N–H and O–H groups in total. The molecule has 1 aliphatic rings. The van der Waals surface area contributed by atoms with Crippen LogP contribution in [0, 0.1) is 6.92 Å². The van der Waals surface area contributed by atoms with Crippen LogP contribution in [0.2, 0.25) is 5.02 Å². The van der Waals surface area contributed by atoms with E-state index in [9.17, 15) is 5.11 Å². The first-order valence-electron chi connectivity index (χ1n) is 8.72. The van der Waals surface area contributed by atoms with E-state index in [0.29, 0.717) is 16.4 Å². The molecule has 0 atom stereocenters. The van der Waals surface area contributed by atoms with Gasteiger partial charge in [0.2, 0.25) is 0 Å².